The Morgan fingerprint density at radius 3 is 2.78 bits per heavy atom. The van der Waals surface area contributed by atoms with Crippen LogP contribution in [0.25, 0.3) is 0 Å². The number of anilines is 1. The Bertz CT molecular complexity index is 740. The maximum atomic E-state index is 11.7. The second-order valence-corrected chi connectivity index (χ2v) is 5.88. The van der Waals surface area contributed by atoms with E-state index in [1.54, 1.807) is 12.3 Å². The molecule has 1 aromatic carbocycles. The number of carbonyl (C=O) groups is 1. The molecule has 0 aliphatic heterocycles. The second-order valence-electron chi connectivity index (χ2n) is 4.82. The van der Waals surface area contributed by atoms with Crippen molar-refractivity contribution in [3.8, 4) is 0 Å². The quantitative estimate of drug-likeness (QED) is 0.574. The minimum absolute atomic E-state index is 0.175. The van der Waals surface area contributed by atoms with Crippen molar-refractivity contribution < 1.29 is 4.79 Å². The predicted molar refractivity (Wildman–Crippen MR) is 88.6 cm³/mol. The Hall–Kier alpha value is -2.74. The number of benzene rings is 1. The van der Waals surface area contributed by atoms with Gasteiger partial charge in [-0.25, -0.2) is 0 Å². The SMILES string of the molecule is O=C(NCCNc1nnc(Cc2ccccc2)s1)c1ccn[nH]1. The van der Waals surface area contributed by atoms with E-state index in [2.05, 4.69) is 43.2 Å². The van der Waals surface area contributed by atoms with Crippen LogP contribution in [0.3, 0.4) is 0 Å². The molecule has 118 valence electrons. The van der Waals surface area contributed by atoms with Crippen LogP contribution in [0.15, 0.2) is 42.6 Å². The molecule has 3 rings (SSSR count). The van der Waals surface area contributed by atoms with Gasteiger partial charge in [0.25, 0.3) is 5.91 Å². The van der Waals surface area contributed by atoms with Crippen molar-refractivity contribution in [2.75, 3.05) is 18.4 Å². The van der Waals surface area contributed by atoms with Crippen molar-refractivity contribution in [3.63, 3.8) is 0 Å². The third kappa shape index (κ3) is 4.36. The average Bonchev–Trinajstić information content (AvgIpc) is 3.24. The van der Waals surface area contributed by atoms with E-state index < -0.39 is 0 Å². The summed E-state index contributed by atoms with van der Waals surface area (Å²) >= 11 is 1.52. The lowest BCUT2D eigenvalue weighted by atomic mass is 10.2. The molecule has 0 saturated carbocycles. The van der Waals surface area contributed by atoms with E-state index in [0.717, 1.165) is 16.6 Å². The predicted octanol–water partition coefficient (Wildman–Crippen LogP) is 1.69. The standard InChI is InChI=1S/C15H16N6OS/c22-14(12-6-7-18-19-12)16-8-9-17-15-21-20-13(23-15)10-11-4-2-1-3-5-11/h1-7H,8-10H2,(H,16,22)(H,17,21)(H,18,19). The van der Waals surface area contributed by atoms with Gasteiger partial charge in [0.1, 0.15) is 10.7 Å². The van der Waals surface area contributed by atoms with Crippen molar-refractivity contribution in [2.24, 2.45) is 0 Å². The van der Waals surface area contributed by atoms with Crippen LogP contribution in [-0.4, -0.2) is 39.4 Å². The summed E-state index contributed by atoms with van der Waals surface area (Å²) in [5.74, 6) is -0.175. The third-order valence-electron chi connectivity index (χ3n) is 3.10. The zero-order valence-electron chi connectivity index (χ0n) is 12.3. The van der Waals surface area contributed by atoms with Gasteiger partial charge >= 0.3 is 0 Å². The number of amides is 1. The molecule has 1 amide bonds. The Morgan fingerprint density at radius 2 is 2.00 bits per heavy atom. The number of nitrogens with one attached hydrogen (secondary N) is 3. The lowest BCUT2D eigenvalue weighted by molar-refractivity contribution is 0.0950. The van der Waals surface area contributed by atoms with Crippen LogP contribution in [-0.2, 0) is 6.42 Å². The second kappa shape index (κ2) is 7.50. The Kier molecular flexibility index (Phi) is 4.95. The summed E-state index contributed by atoms with van der Waals surface area (Å²) in [5, 5.41) is 22.3. The van der Waals surface area contributed by atoms with Crippen LogP contribution in [0.4, 0.5) is 5.13 Å². The summed E-state index contributed by atoms with van der Waals surface area (Å²) < 4.78 is 0. The lowest BCUT2D eigenvalue weighted by Gasteiger charge is -2.03. The van der Waals surface area contributed by atoms with Gasteiger partial charge in [-0.05, 0) is 11.6 Å². The maximum absolute atomic E-state index is 11.7. The molecular weight excluding hydrogens is 312 g/mol. The highest BCUT2D eigenvalue weighted by molar-refractivity contribution is 7.15. The summed E-state index contributed by atoms with van der Waals surface area (Å²) in [5.41, 5.74) is 1.66. The van der Waals surface area contributed by atoms with Gasteiger partial charge in [0, 0.05) is 25.7 Å². The molecule has 0 saturated heterocycles. The normalized spacial score (nSPS) is 10.4. The first-order valence-electron chi connectivity index (χ1n) is 7.19. The number of aromatic nitrogens is 4. The van der Waals surface area contributed by atoms with Crippen LogP contribution in [0.5, 0.6) is 0 Å². The monoisotopic (exact) mass is 328 g/mol. The highest BCUT2D eigenvalue weighted by atomic mass is 32.1. The van der Waals surface area contributed by atoms with Crippen molar-refractivity contribution in [1.29, 1.82) is 0 Å². The maximum Gasteiger partial charge on any atom is 0.269 e. The van der Waals surface area contributed by atoms with E-state index in [1.807, 2.05) is 18.2 Å². The van der Waals surface area contributed by atoms with E-state index in [1.165, 1.54) is 16.9 Å². The van der Waals surface area contributed by atoms with Crippen molar-refractivity contribution in [1.82, 2.24) is 25.7 Å². The number of H-pyrrole nitrogens is 1. The largest absolute Gasteiger partial charge is 0.358 e. The number of hydrogen-bond donors (Lipinski definition) is 3. The van der Waals surface area contributed by atoms with Crippen molar-refractivity contribution in [3.05, 3.63) is 58.9 Å². The molecule has 0 bridgehead atoms. The summed E-state index contributed by atoms with van der Waals surface area (Å²) in [6.45, 7) is 1.07. The van der Waals surface area contributed by atoms with Crippen LogP contribution in [0.2, 0.25) is 0 Å². The average molecular weight is 328 g/mol. The molecule has 3 aromatic rings. The first kappa shape index (κ1) is 15.2. The van der Waals surface area contributed by atoms with E-state index in [-0.39, 0.29) is 5.91 Å². The summed E-state index contributed by atoms with van der Waals surface area (Å²) in [6, 6.07) is 11.8. The van der Waals surface area contributed by atoms with Gasteiger partial charge in [-0.3, -0.25) is 9.89 Å². The topological polar surface area (TPSA) is 95.6 Å². The van der Waals surface area contributed by atoms with Gasteiger partial charge in [-0.1, -0.05) is 41.7 Å². The van der Waals surface area contributed by atoms with Crippen LogP contribution < -0.4 is 10.6 Å². The summed E-state index contributed by atoms with van der Waals surface area (Å²) in [7, 11) is 0. The number of hydrogen-bond acceptors (Lipinski definition) is 6. The molecule has 3 N–H and O–H groups in total. The highest BCUT2D eigenvalue weighted by Crippen LogP contribution is 2.18. The van der Waals surface area contributed by atoms with E-state index in [9.17, 15) is 4.79 Å². The van der Waals surface area contributed by atoms with Crippen LogP contribution in [0, 0.1) is 0 Å². The number of carbonyl (C=O) groups excluding carboxylic acids is 1. The first-order chi connectivity index (χ1) is 11.3. The molecular formula is C15H16N6OS. The van der Waals surface area contributed by atoms with E-state index in [0.29, 0.717) is 18.8 Å². The van der Waals surface area contributed by atoms with Crippen molar-refractivity contribution in [2.45, 2.75) is 6.42 Å². The molecule has 0 atom stereocenters. The molecule has 7 nitrogen and oxygen atoms in total. The first-order valence-corrected chi connectivity index (χ1v) is 8.00. The van der Waals surface area contributed by atoms with Crippen LogP contribution >= 0.6 is 11.3 Å². The Balaban J connectivity index is 1.42. The van der Waals surface area contributed by atoms with E-state index in [4.69, 9.17) is 0 Å². The number of rotatable bonds is 7. The molecule has 0 aliphatic rings. The summed E-state index contributed by atoms with van der Waals surface area (Å²) in [4.78, 5) is 11.7. The fourth-order valence-electron chi connectivity index (χ4n) is 1.99. The number of nitrogens with zero attached hydrogens (tertiary/aromatic N) is 3. The van der Waals surface area contributed by atoms with Crippen molar-refractivity contribution >= 4 is 22.4 Å². The molecule has 0 fully saturated rings. The molecule has 0 spiro atoms. The molecule has 0 radical (unpaired) electrons. The van der Waals surface area contributed by atoms with Crippen LogP contribution in [0.1, 0.15) is 21.1 Å². The fraction of sp³-hybridized carbons (Fsp3) is 0.200. The minimum Gasteiger partial charge on any atom is -0.358 e. The molecule has 0 unspecified atom stereocenters. The lowest BCUT2D eigenvalue weighted by Crippen LogP contribution is -2.29. The van der Waals surface area contributed by atoms with Gasteiger partial charge in [0.2, 0.25) is 5.13 Å². The van der Waals surface area contributed by atoms with Gasteiger partial charge in [0.05, 0.1) is 0 Å². The van der Waals surface area contributed by atoms with Gasteiger partial charge in [0.15, 0.2) is 0 Å². The Labute approximate surface area is 137 Å². The molecule has 23 heavy (non-hydrogen) atoms. The molecule has 8 heteroatoms. The molecule has 2 heterocycles. The fourth-order valence-corrected chi connectivity index (χ4v) is 2.79. The third-order valence-corrected chi connectivity index (χ3v) is 3.98. The van der Waals surface area contributed by atoms with Gasteiger partial charge in [-0.2, -0.15) is 5.10 Å². The minimum atomic E-state index is -0.175. The molecule has 0 aliphatic carbocycles. The van der Waals surface area contributed by atoms with Gasteiger partial charge < -0.3 is 10.6 Å². The zero-order chi connectivity index (χ0) is 15.9. The zero-order valence-corrected chi connectivity index (χ0v) is 13.1. The highest BCUT2D eigenvalue weighted by Gasteiger charge is 2.07. The number of aromatic amines is 1. The molecule has 2 aromatic heterocycles. The van der Waals surface area contributed by atoms with Gasteiger partial charge in [-0.15, -0.1) is 10.2 Å². The summed E-state index contributed by atoms with van der Waals surface area (Å²) in [6.07, 6.45) is 2.32. The van der Waals surface area contributed by atoms with E-state index >= 15 is 0 Å². The Morgan fingerprint density at radius 1 is 1.13 bits per heavy atom. The smallest absolute Gasteiger partial charge is 0.269 e.